The van der Waals surface area contributed by atoms with Crippen LogP contribution >= 0.6 is 11.6 Å². The number of carboxylic acid groups (broad SMARTS) is 1. The Morgan fingerprint density at radius 2 is 1.66 bits per heavy atom. The minimum Gasteiger partial charge on any atom is -0.478 e. The van der Waals surface area contributed by atoms with E-state index >= 15 is 0 Å². The molecule has 0 saturated carbocycles. The van der Waals surface area contributed by atoms with E-state index in [1.807, 2.05) is 19.1 Å². The molecule has 0 atom stereocenters. The largest absolute Gasteiger partial charge is 0.478 e. The number of sulfonamides is 1. The predicted molar refractivity (Wildman–Crippen MR) is 123 cm³/mol. The fraction of sp³-hybridized carbons (Fsp3) is 0.0455. The minimum absolute atomic E-state index is 0.00604. The topological polar surface area (TPSA) is 121 Å². The van der Waals surface area contributed by atoms with Crippen molar-refractivity contribution in [1.29, 1.82) is 0 Å². The zero-order valence-corrected chi connectivity index (χ0v) is 18.3. The first-order valence-corrected chi connectivity index (χ1v) is 11.2. The second kappa shape index (κ2) is 8.45. The van der Waals surface area contributed by atoms with E-state index in [9.17, 15) is 18.3 Å². The minimum atomic E-state index is -3.99. The van der Waals surface area contributed by atoms with Crippen molar-refractivity contribution in [2.75, 3.05) is 10.0 Å². The molecule has 0 spiro atoms. The maximum Gasteiger partial charge on any atom is 0.335 e. The molecule has 8 nitrogen and oxygen atoms in total. The van der Waals surface area contributed by atoms with E-state index in [1.165, 1.54) is 36.4 Å². The van der Waals surface area contributed by atoms with Gasteiger partial charge < -0.3 is 10.4 Å². The Morgan fingerprint density at radius 3 is 2.38 bits per heavy atom. The number of hydrogen-bond acceptors (Lipinski definition) is 6. The molecule has 0 radical (unpaired) electrons. The third-order valence-corrected chi connectivity index (χ3v) is 6.15. The lowest BCUT2D eigenvalue weighted by Gasteiger charge is -2.14. The molecular weight excluding hydrogens is 452 g/mol. The SMILES string of the molecule is Cc1ccc2nc(NS(=O)(=O)c3ccc(Cl)cc3)c(Nc3cccc(C(=O)O)c3)nc2c1. The first kappa shape index (κ1) is 21.5. The normalized spacial score (nSPS) is 11.3. The van der Waals surface area contributed by atoms with Crippen LogP contribution in [0.4, 0.5) is 17.3 Å². The van der Waals surface area contributed by atoms with Gasteiger partial charge in [0, 0.05) is 10.7 Å². The van der Waals surface area contributed by atoms with Gasteiger partial charge in [0.05, 0.1) is 21.5 Å². The molecule has 32 heavy (non-hydrogen) atoms. The van der Waals surface area contributed by atoms with Gasteiger partial charge in [-0.05, 0) is 67.1 Å². The van der Waals surface area contributed by atoms with Gasteiger partial charge in [0.2, 0.25) is 0 Å². The van der Waals surface area contributed by atoms with Crippen molar-refractivity contribution in [3.63, 3.8) is 0 Å². The third-order valence-electron chi connectivity index (χ3n) is 4.55. The molecule has 0 unspecified atom stereocenters. The van der Waals surface area contributed by atoms with Crippen LogP contribution in [0.2, 0.25) is 5.02 Å². The zero-order chi connectivity index (χ0) is 22.9. The summed E-state index contributed by atoms with van der Waals surface area (Å²) in [4.78, 5) is 20.3. The van der Waals surface area contributed by atoms with Crippen molar-refractivity contribution in [3.05, 3.63) is 82.9 Å². The summed E-state index contributed by atoms with van der Waals surface area (Å²) in [6, 6.07) is 17.2. The average molecular weight is 469 g/mol. The second-order valence-electron chi connectivity index (χ2n) is 6.98. The molecule has 4 aromatic rings. The van der Waals surface area contributed by atoms with Gasteiger partial charge in [0.15, 0.2) is 11.6 Å². The molecule has 4 rings (SSSR count). The van der Waals surface area contributed by atoms with Gasteiger partial charge >= 0.3 is 5.97 Å². The number of aromatic nitrogens is 2. The van der Waals surface area contributed by atoms with Crippen molar-refractivity contribution in [3.8, 4) is 0 Å². The van der Waals surface area contributed by atoms with Crippen molar-refractivity contribution in [2.24, 2.45) is 0 Å². The highest BCUT2D eigenvalue weighted by Crippen LogP contribution is 2.28. The molecule has 0 aliphatic rings. The molecule has 0 bridgehead atoms. The van der Waals surface area contributed by atoms with Gasteiger partial charge in [-0.15, -0.1) is 0 Å². The number of nitrogens with one attached hydrogen (secondary N) is 2. The monoisotopic (exact) mass is 468 g/mol. The van der Waals surface area contributed by atoms with E-state index < -0.39 is 16.0 Å². The van der Waals surface area contributed by atoms with Crippen molar-refractivity contribution in [1.82, 2.24) is 9.97 Å². The Labute approximate surface area is 189 Å². The highest BCUT2D eigenvalue weighted by molar-refractivity contribution is 7.92. The first-order valence-electron chi connectivity index (χ1n) is 9.38. The summed E-state index contributed by atoms with van der Waals surface area (Å²) in [5.74, 6) is -0.988. The summed E-state index contributed by atoms with van der Waals surface area (Å²) in [6.07, 6.45) is 0. The van der Waals surface area contributed by atoms with E-state index in [0.29, 0.717) is 21.7 Å². The molecule has 10 heteroatoms. The summed E-state index contributed by atoms with van der Waals surface area (Å²) in [6.45, 7) is 1.90. The summed E-state index contributed by atoms with van der Waals surface area (Å²) < 4.78 is 28.3. The van der Waals surface area contributed by atoms with Crippen LogP contribution in [-0.2, 0) is 10.0 Å². The van der Waals surface area contributed by atoms with Crippen LogP contribution < -0.4 is 10.0 Å². The molecule has 0 amide bonds. The Kier molecular flexibility index (Phi) is 5.68. The highest BCUT2D eigenvalue weighted by Gasteiger charge is 2.19. The smallest absolute Gasteiger partial charge is 0.335 e. The van der Waals surface area contributed by atoms with E-state index in [-0.39, 0.29) is 22.1 Å². The molecule has 162 valence electrons. The van der Waals surface area contributed by atoms with Crippen molar-refractivity contribution >= 4 is 56.0 Å². The number of aromatic carboxylic acids is 1. The number of benzene rings is 3. The van der Waals surface area contributed by atoms with Gasteiger partial charge in [0.25, 0.3) is 10.0 Å². The maximum absolute atomic E-state index is 12.9. The van der Waals surface area contributed by atoms with Crippen LogP contribution in [0.3, 0.4) is 0 Å². The van der Waals surface area contributed by atoms with Crippen LogP contribution in [-0.4, -0.2) is 29.5 Å². The number of carboxylic acids is 1. The molecule has 3 N–H and O–H groups in total. The van der Waals surface area contributed by atoms with Gasteiger partial charge in [-0.1, -0.05) is 23.7 Å². The number of nitrogens with zero attached hydrogens (tertiary/aromatic N) is 2. The Hall–Kier alpha value is -3.69. The van der Waals surface area contributed by atoms with Crippen LogP contribution in [0.1, 0.15) is 15.9 Å². The van der Waals surface area contributed by atoms with Crippen LogP contribution in [0.5, 0.6) is 0 Å². The van der Waals surface area contributed by atoms with E-state index in [2.05, 4.69) is 20.0 Å². The lowest BCUT2D eigenvalue weighted by atomic mass is 10.2. The third kappa shape index (κ3) is 4.63. The molecular formula is C22H17ClN4O4S. The van der Waals surface area contributed by atoms with Crippen molar-refractivity contribution < 1.29 is 18.3 Å². The van der Waals surface area contributed by atoms with Crippen molar-refractivity contribution in [2.45, 2.75) is 11.8 Å². The lowest BCUT2D eigenvalue weighted by Crippen LogP contribution is -2.16. The van der Waals surface area contributed by atoms with Crippen LogP contribution in [0.15, 0.2) is 71.6 Å². The first-order chi connectivity index (χ1) is 15.2. The van der Waals surface area contributed by atoms with E-state index in [1.54, 1.807) is 18.2 Å². The Balaban J connectivity index is 1.79. The average Bonchev–Trinajstić information content (AvgIpc) is 2.74. The summed E-state index contributed by atoms with van der Waals surface area (Å²) in [7, 11) is -3.99. The fourth-order valence-corrected chi connectivity index (χ4v) is 4.12. The second-order valence-corrected chi connectivity index (χ2v) is 9.10. The fourth-order valence-electron chi connectivity index (χ4n) is 2.99. The number of halogens is 1. The zero-order valence-electron chi connectivity index (χ0n) is 16.7. The number of fused-ring (bicyclic) bond motifs is 1. The summed E-state index contributed by atoms with van der Waals surface area (Å²) in [5, 5.41) is 12.6. The quantitative estimate of drug-likeness (QED) is 0.370. The Morgan fingerprint density at radius 1 is 0.938 bits per heavy atom. The molecule has 0 fully saturated rings. The standard InChI is InChI=1S/C22H17ClN4O4S/c1-13-5-10-18-19(11-13)26-20(24-16-4-2-3-14(12-16)22(28)29)21(25-18)27-32(30,31)17-8-6-15(23)7-9-17/h2-12H,1H3,(H,24,26)(H,25,27)(H,28,29). The molecule has 1 aromatic heterocycles. The number of rotatable bonds is 6. The van der Waals surface area contributed by atoms with Gasteiger partial charge in [-0.2, -0.15) is 0 Å². The number of carbonyl (C=O) groups is 1. The summed E-state index contributed by atoms with van der Waals surface area (Å²) in [5.41, 5.74) is 2.49. The highest BCUT2D eigenvalue weighted by atomic mass is 35.5. The lowest BCUT2D eigenvalue weighted by molar-refractivity contribution is 0.0697. The molecule has 0 saturated heterocycles. The van der Waals surface area contributed by atoms with E-state index in [0.717, 1.165) is 5.56 Å². The number of hydrogen-bond donors (Lipinski definition) is 3. The molecule has 0 aliphatic heterocycles. The maximum atomic E-state index is 12.9. The van der Waals surface area contributed by atoms with Crippen LogP contribution in [0.25, 0.3) is 11.0 Å². The Bertz CT molecular complexity index is 1440. The predicted octanol–water partition coefficient (Wildman–Crippen LogP) is 4.83. The summed E-state index contributed by atoms with van der Waals surface area (Å²) >= 11 is 5.86. The molecule has 3 aromatic carbocycles. The number of aryl methyl sites for hydroxylation is 1. The number of anilines is 3. The molecule has 1 heterocycles. The van der Waals surface area contributed by atoms with Gasteiger partial charge in [-0.25, -0.2) is 23.2 Å². The van der Waals surface area contributed by atoms with E-state index in [4.69, 9.17) is 11.6 Å². The molecule has 0 aliphatic carbocycles. The van der Waals surface area contributed by atoms with Crippen LogP contribution in [0, 0.1) is 6.92 Å². The van der Waals surface area contributed by atoms with Gasteiger partial charge in [0.1, 0.15) is 0 Å². The van der Waals surface area contributed by atoms with Gasteiger partial charge in [-0.3, -0.25) is 4.72 Å².